The Balaban J connectivity index is 1.69. The summed E-state index contributed by atoms with van der Waals surface area (Å²) in [4.78, 5) is 12.4. The highest BCUT2D eigenvalue weighted by molar-refractivity contribution is 6.32. The van der Waals surface area contributed by atoms with Gasteiger partial charge in [0, 0.05) is 18.5 Å². The van der Waals surface area contributed by atoms with Crippen molar-refractivity contribution in [2.45, 2.75) is 19.3 Å². The monoisotopic (exact) mass is 345 g/mol. The number of fused-ring (bicyclic) bond motifs is 1. The fourth-order valence-corrected chi connectivity index (χ4v) is 2.87. The third-order valence-corrected chi connectivity index (χ3v) is 4.28. The van der Waals surface area contributed by atoms with E-state index in [1.165, 1.54) is 5.56 Å². The maximum Gasteiger partial charge on any atom is 0.251 e. The first-order chi connectivity index (χ1) is 11.6. The Bertz CT molecular complexity index is 718. The summed E-state index contributed by atoms with van der Waals surface area (Å²) in [5, 5.41) is 3.35. The SMILES string of the molecule is CC(CNC(=O)c1cc(Cl)c2c(c1)OCCCO2)c1ccccc1. The van der Waals surface area contributed by atoms with Gasteiger partial charge in [0.2, 0.25) is 0 Å². The number of hydrogen-bond donors (Lipinski definition) is 1. The van der Waals surface area contributed by atoms with Gasteiger partial charge in [-0.3, -0.25) is 4.79 Å². The van der Waals surface area contributed by atoms with Crippen molar-refractivity contribution in [3.8, 4) is 11.5 Å². The van der Waals surface area contributed by atoms with E-state index in [4.69, 9.17) is 21.1 Å². The summed E-state index contributed by atoms with van der Waals surface area (Å²) in [6, 6.07) is 13.4. The zero-order valence-corrected chi connectivity index (χ0v) is 14.3. The Morgan fingerprint density at radius 2 is 1.96 bits per heavy atom. The Hall–Kier alpha value is -2.20. The van der Waals surface area contributed by atoms with Crippen LogP contribution in [-0.4, -0.2) is 25.7 Å². The van der Waals surface area contributed by atoms with Gasteiger partial charge in [-0.25, -0.2) is 0 Å². The fraction of sp³-hybridized carbons (Fsp3) is 0.316. The normalized spacial score (nSPS) is 14.6. The Kier molecular flexibility index (Phi) is 5.26. The predicted molar refractivity (Wildman–Crippen MR) is 94.2 cm³/mol. The molecule has 0 aliphatic carbocycles. The van der Waals surface area contributed by atoms with Crippen LogP contribution < -0.4 is 14.8 Å². The highest BCUT2D eigenvalue weighted by Crippen LogP contribution is 2.37. The van der Waals surface area contributed by atoms with E-state index >= 15 is 0 Å². The second-order valence-corrected chi connectivity index (χ2v) is 6.26. The number of rotatable bonds is 4. The third-order valence-electron chi connectivity index (χ3n) is 4.00. The highest BCUT2D eigenvalue weighted by Gasteiger charge is 2.18. The Labute approximate surface area is 146 Å². The van der Waals surface area contributed by atoms with E-state index in [0.29, 0.717) is 41.8 Å². The molecular formula is C19H20ClNO3. The first kappa shape index (κ1) is 16.7. The summed E-state index contributed by atoms with van der Waals surface area (Å²) in [6.07, 6.45) is 0.793. The minimum absolute atomic E-state index is 0.171. The summed E-state index contributed by atoms with van der Waals surface area (Å²) in [7, 11) is 0. The highest BCUT2D eigenvalue weighted by atomic mass is 35.5. The summed E-state index contributed by atoms with van der Waals surface area (Å²) in [6.45, 7) is 3.75. The number of carbonyl (C=O) groups is 1. The van der Waals surface area contributed by atoms with Crippen LogP contribution in [0, 0.1) is 0 Å². The van der Waals surface area contributed by atoms with Gasteiger partial charge in [-0.05, 0) is 23.6 Å². The lowest BCUT2D eigenvalue weighted by molar-refractivity contribution is 0.0951. The molecule has 3 rings (SSSR count). The van der Waals surface area contributed by atoms with Crippen molar-refractivity contribution in [3.05, 3.63) is 58.6 Å². The van der Waals surface area contributed by atoms with Crippen LogP contribution in [0.25, 0.3) is 0 Å². The average molecular weight is 346 g/mol. The molecule has 2 aromatic rings. The van der Waals surface area contributed by atoms with E-state index in [1.807, 2.05) is 18.2 Å². The molecule has 24 heavy (non-hydrogen) atoms. The summed E-state index contributed by atoms with van der Waals surface area (Å²) >= 11 is 6.24. The standard InChI is InChI=1S/C19H20ClNO3/c1-13(14-6-3-2-4-7-14)12-21-19(22)15-10-16(20)18-17(11-15)23-8-5-9-24-18/h2-4,6-7,10-11,13H,5,8-9,12H2,1H3,(H,21,22). The largest absolute Gasteiger partial charge is 0.489 e. The molecule has 4 nitrogen and oxygen atoms in total. The number of ether oxygens (including phenoxy) is 2. The van der Waals surface area contributed by atoms with Gasteiger partial charge in [-0.1, -0.05) is 48.9 Å². The number of benzene rings is 2. The van der Waals surface area contributed by atoms with Crippen LogP contribution in [0.2, 0.25) is 5.02 Å². The van der Waals surface area contributed by atoms with Crippen molar-refractivity contribution < 1.29 is 14.3 Å². The van der Waals surface area contributed by atoms with Crippen LogP contribution in [0.1, 0.15) is 35.2 Å². The number of nitrogens with one attached hydrogen (secondary N) is 1. The molecule has 0 aromatic heterocycles. The molecule has 1 N–H and O–H groups in total. The maximum atomic E-state index is 12.4. The van der Waals surface area contributed by atoms with E-state index in [9.17, 15) is 4.79 Å². The van der Waals surface area contributed by atoms with E-state index < -0.39 is 0 Å². The molecule has 1 unspecified atom stereocenters. The topological polar surface area (TPSA) is 47.6 Å². The van der Waals surface area contributed by atoms with E-state index in [2.05, 4.69) is 24.4 Å². The van der Waals surface area contributed by atoms with E-state index in [1.54, 1.807) is 12.1 Å². The average Bonchev–Trinajstić information content (AvgIpc) is 2.86. The molecular weight excluding hydrogens is 326 g/mol. The number of carbonyl (C=O) groups excluding carboxylic acids is 1. The van der Waals surface area contributed by atoms with Crippen LogP contribution in [0.5, 0.6) is 11.5 Å². The molecule has 1 atom stereocenters. The molecule has 0 spiro atoms. The molecule has 0 fully saturated rings. The van der Waals surface area contributed by atoms with Gasteiger partial charge >= 0.3 is 0 Å². The van der Waals surface area contributed by atoms with Crippen molar-refractivity contribution >= 4 is 17.5 Å². The molecule has 5 heteroatoms. The molecule has 0 saturated heterocycles. The predicted octanol–water partition coefficient (Wildman–Crippen LogP) is 4.03. The van der Waals surface area contributed by atoms with Crippen molar-refractivity contribution in [1.82, 2.24) is 5.32 Å². The van der Waals surface area contributed by atoms with Gasteiger partial charge in [0.05, 0.1) is 18.2 Å². The fourth-order valence-electron chi connectivity index (χ4n) is 2.61. The minimum atomic E-state index is -0.171. The molecule has 0 bridgehead atoms. The zero-order valence-electron chi connectivity index (χ0n) is 13.5. The lowest BCUT2D eigenvalue weighted by atomic mass is 10.0. The molecule has 1 heterocycles. The second-order valence-electron chi connectivity index (χ2n) is 5.86. The van der Waals surface area contributed by atoms with Crippen LogP contribution in [0.3, 0.4) is 0 Å². The second kappa shape index (κ2) is 7.58. The molecule has 1 amide bonds. The molecule has 126 valence electrons. The van der Waals surface area contributed by atoms with E-state index in [0.717, 1.165) is 6.42 Å². The lowest BCUT2D eigenvalue weighted by Gasteiger charge is -2.14. The van der Waals surface area contributed by atoms with Gasteiger partial charge in [0.15, 0.2) is 11.5 Å². The van der Waals surface area contributed by atoms with Crippen molar-refractivity contribution in [2.24, 2.45) is 0 Å². The molecule has 1 aliphatic rings. The molecule has 1 aliphatic heterocycles. The van der Waals surface area contributed by atoms with Crippen LogP contribution >= 0.6 is 11.6 Å². The summed E-state index contributed by atoms with van der Waals surface area (Å²) < 4.78 is 11.2. The van der Waals surface area contributed by atoms with Gasteiger partial charge < -0.3 is 14.8 Å². The number of amides is 1. The summed E-state index contributed by atoms with van der Waals surface area (Å²) in [5.41, 5.74) is 1.67. The van der Waals surface area contributed by atoms with Gasteiger partial charge in [-0.2, -0.15) is 0 Å². The van der Waals surface area contributed by atoms with Crippen molar-refractivity contribution in [3.63, 3.8) is 0 Å². The van der Waals surface area contributed by atoms with Crippen LogP contribution in [0.4, 0.5) is 0 Å². The minimum Gasteiger partial charge on any atom is -0.489 e. The quantitative estimate of drug-likeness (QED) is 0.909. The number of hydrogen-bond acceptors (Lipinski definition) is 3. The van der Waals surface area contributed by atoms with E-state index in [-0.39, 0.29) is 11.8 Å². The number of halogens is 1. The van der Waals surface area contributed by atoms with Crippen molar-refractivity contribution in [2.75, 3.05) is 19.8 Å². The Morgan fingerprint density at radius 1 is 1.21 bits per heavy atom. The third kappa shape index (κ3) is 3.82. The van der Waals surface area contributed by atoms with Gasteiger partial charge in [0.1, 0.15) is 0 Å². The van der Waals surface area contributed by atoms with Crippen LogP contribution in [-0.2, 0) is 0 Å². The van der Waals surface area contributed by atoms with Crippen molar-refractivity contribution in [1.29, 1.82) is 0 Å². The Morgan fingerprint density at radius 3 is 2.75 bits per heavy atom. The smallest absolute Gasteiger partial charge is 0.251 e. The molecule has 0 radical (unpaired) electrons. The maximum absolute atomic E-state index is 12.4. The lowest BCUT2D eigenvalue weighted by Crippen LogP contribution is -2.27. The first-order valence-corrected chi connectivity index (χ1v) is 8.45. The molecule has 0 saturated carbocycles. The summed E-state index contributed by atoms with van der Waals surface area (Å²) in [5.74, 6) is 1.10. The van der Waals surface area contributed by atoms with Crippen LogP contribution in [0.15, 0.2) is 42.5 Å². The zero-order chi connectivity index (χ0) is 16.9. The van der Waals surface area contributed by atoms with Gasteiger partial charge in [0.25, 0.3) is 5.91 Å². The molecule has 2 aromatic carbocycles. The first-order valence-electron chi connectivity index (χ1n) is 8.07. The van der Waals surface area contributed by atoms with Gasteiger partial charge in [-0.15, -0.1) is 0 Å².